The minimum absolute atomic E-state index is 0.00501. The summed E-state index contributed by atoms with van der Waals surface area (Å²) >= 11 is 0. The number of rotatable bonds is 5. The van der Waals surface area contributed by atoms with E-state index in [0.717, 1.165) is 17.1 Å². The van der Waals surface area contributed by atoms with E-state index < -0.39 is 6.10 Å². The third-order valence-corrected chi connectivity index (χ3v) is 4.99. The number of benzene rings is 1. The van der Waals surface area contributed by atoms with Crippen molar-refractivity contribution in [1.82, 2.24) is 15.1 Å². The molecule has 1 atom stereocenters. The molecule has 29 heavy (non-hydrogen) atoms. The lowest BCUT2D eigenvalue weighted by molar-refractivity contribution is -0.138. The number of carbonyl (C=O) groups excluding carboxylic acids is 1. The molecule has 0 radical (unpaired) electrons. The Hall–Kier alpha value is -3.35. The fourth-order valence-corrected chi connectivity index (χ4v) is 3.41. The molecule has 1 aromatic carbocycles. The lowest BCUT2D eigenvalue weighted by Crippen LogP contribution is -2.52. The van der Waals surface area contributed by atoms with Gasteiger partial charge in [-0.1, -0.05) is 12.1 Å². The van der Waals surface area contributed by atoms with Crippen LogP contribution >= 0.6 is 0 Å². The first kappa shape index (κ1) is 19.0. The number of piperazine rings is 1. The van der Waals surface area contributed by atoms with Crippen LogP contribution in [-0.2, 0) is 4.79 Å². The van der Waals surface area contributed by atoms with Crippen LogP contribution in [-0.4, -0.2) is 53.3 Å². The summed E-state index contributed by atoms with van der Waals surface area (Å²) in [6, 6.07) is 15.3. The number of hydrogen-bond donors (Lipinski definition) is 0. The molecule has 7 nitrogen and oxygen atoms in total. The first-order chi connectivity index (χ1) is 14.1. The molecule has 0 aliphatic carbocycles. The van der Waals surface area contributed by atoms with Gasteiger partial charge in [0.15, 0.2) is 17.7 Å². The Kier molecular flexibility index (Phi) is 5.46. The fraction of sp³-hybridized carbons (Fsp3) is 0.318. The average molecular weight is 392 g/mol. The molecule has 0 N–H and O–H groups in total. The highest BCUT2D eigenvalue weighted by molar-refractivity contribution is 5.81. The van der Waals surface area contributed by atoms with Gasteiger partial charge >= 0.3 is 0 Å². The Balaban J connectivity index is 1.32. The molecule has 1 amide bonds. The van der Waals surface area contributed by atoms with Gasteiger partial charge in [-0.25, -0.2) is 0 Å². The van der Waals surface area contributed by atoms with Crippen LogP contribution in [0.2, 0.25) is 0 Å². The number of ether oxygens (including phenoxy) is 1. The van der Waals surface area contributed by atoms with Crippen LogP contribution in [0.4, 0.5) is 5.82 Å². The largest absolute Gasteiger partial charge is 0.481 e. The molecule has 1 saturated heterocycles. The number of carbonyl (C=O) groups is 1. The van der Waals surface area contributed by atoms with Gasteiger partial charge in [-0.2, -0.15) is 0 Å². The second-order valence-electron chi connectivity index (χ2n) is 7.14. The first-order valence-corrected chi connectivity index (χ1v) is 9.75. The number of aromatic nitrogens is 2. The van der Waals surface area contributed by atoms with E-state index in [9.17, 15) is 4.79 Å². The van der Waals surface area contributed by atoms with Crippen LogP contribution in [0.25, 0.3) is 11.5 Å². The van der Waals surface area contributed by atoms with Crippen LogP contribution in [0.5, 0.6) is 5.75 Å². The zero-order valence-corrected chi connectivity index (χ0v) is 16.6. The van der Waals surface area contributed by atoms with Crippen molar-refractivity contribution in [1.29, 1.82) is 0 Å². The first-order valence-electron chi connectivity index (χ1n) is 9.75. The standard InChI is InChI=1S/C22H24N4O3/c1-16-5-3-6-18(15-16)29-17(2)22(27)26-12-10-25(11-13-26)21-9-8-19(23-24-21)20-7-4-14-28-20/h3-9,14-15,17H,10-13H2,1-2H3. The Labute approximate surface area is 169 Å². The number of nitrogens with zero attached hydrogens (tertiary/aromatic N) is 4. The molecular formula is C22H24N4O3. The molecule has 3 heterocycles. The van der Waals surface area contributed by atoms with E-state index in [-0.39, 0.29) is 5.91 Å². The zero-order chi connectivity index (χ0) is 20.2. The van der Waals surface area contributed by atoms with Gasteiger partial charge in [-0.15, -0.1) is 10.2 Å². The summed E-state index contributed by atoms with van der Waals surface area (Å²) in [6.07, 6.45) is 1.10. The molecule has 1 unspecified atom stereocenters. The third-order valence-electron chi connectivity index (χ3n) is 4.99. The predicted octanol–water partition coefficient (Wildman–Crippen LogP) is 3.16. The van der Waals surface area contributed by atoms with Crippen molar-refractivity contribution in [2.24, 2.45) is 0 Å². The van der Waals surface area contributed by atoms with Gasteiger partial charge in [0.25, 0.3) is 5.91 Å². The lowest BCUT2D eigenvalue weighted by Gasteiger charge is -2.36. The van der Waals surface area contributed by atoms with Crippen molar-refractivity contribution in [2.45, 2.75) is 20.0 Å². The van der Waals surface area contributed by atoms with Crippen LogP contribution in [0.3, 0.4) is 0 Å². The molecule has 0 saturated carbocycles. The molecular weight excluding hydrogens is 368 g/mol. The van der Waals surface area contributed by atoms with Crippen LogP contribution < -0.4 is 9.64 Å². The van der Waals surface area contributed by atoms with Crippen molar-refractivity contribution < 1.29 is 13.9 Å². The number of amides is 1. The average Bonchev–Trinajstić information content (AvgIpc) is 3.28. The third kappa shape index (κ3) is 4.39. The minimum atomic E-state index is -0.518. The monoisotopic (exact) mass is 392 g/mol. The van der Waals surface area contributed by atoms with Crippen molar-refractivity contribution in [3.05, 3.63) is 60.4 Å². The molecule has 0 bridgehead atoms. The van der Waals surface area contributed by atoms with E-state index in [2.05, 4.69) is 15.1 Å². The lowest BCUT2D eigenvalue weighted by atomic mass is 10.2. The molecule has 2 aromatic heterocycles. The smallest absolute Gasteiger partial charge is 0.263 e. The Morgan fingerprint density at radius 3 is 2.55 bits per heavy atom. The quantitative estimate of drug-likeness (QED) is 0.664. The van der Waals surface area contributed by atoms with Crippen molar-refractivity contribution in [3.63, 3.8) is 0 Å². The molecule has 4 rings (SSSR count). The Bertz CT molecular complexity index is 948. The molecule has 3 aromatic rings. The maximum atomic E-state index is 12.8. The second kappa shape index (κ2) is 8.34. The van der Waals surface area contributed by atoms with Gasteiger partial charge in [0.2, 0.25) is 0 Å². The van der Waals surface area contributed by atoms with Gasteiger partial charge in [-0.05, 0) is 55.8 Å². The van der Waals surface area contributed by atoms with Crippen molar-refractivity contribution in [3.8, 4) is 17.2 Å². The normalized spacial score (nSPS) is 15.2. The predicted molar refractivity (Wildman–Crippen MR) is 110 cm³/mol. The van der Waals surface area contributed by atoms with Gasteiger partial charge in [0, 0.05) is 26.2 Å². The molecule has 0 spiro atoms. The van der Waals surface area contributed by atoms with E-state index in [0.29, 0.717) is 37.6 Å². The summed E-state index contributed by atoms with van der Waals surface area (Å²) in [5.41, 5.74) is 1.81. The molecule has 7 heteroatoms. The Morgan fingerprint density at radius 1 is 1.07 bits per heavy atom. The minimum Gasteiger partial charge on any atom is -0.481 e. The number of hydrogen-bond acceptors (Lipinski definition) is 6. The van der Waals surface area contributed by atoms with E-state index >= 15 is 0 Å². The maximum Gasteiger partial charge on any atom is 0.263 e. The fourth-order valence-electron chi connectivity index (χ4n) is 3.41. The zero-order valence-electron chi connectivity index (χ0n) is 16.6. The molecule has 150 valence electrons. The van der Waals surface area contributed by atoms with Crippen LogP contribution in [0.1, 0.15) is 12.5 Å². The van der Waals surface area contributed by atoms with E-state index in [4.69, 9.17) is 9.15 Å². The summed E-state index contributed by atoms with van der Waals surface area (Å²) in [5.74, 6) is 2.22. The number of furan rings is 1. The highest BCUT2D eigenvalue weighted by Crippen LogP contribution is 2.20. The summed E-state index contributed by atoms with van der Waals surface area (Å²) in [4.78, 5) is 16.7. The van der Waals surface area contributed by atoms with Crippen molar-refractivity contribution in [2.75, 3.05) is 31.1 Å². The highest BCUT2D eigenvalue weighted by Gasteiger charge is 2.26. The summed E-state index contributed by atoms with van der Waals surface area (Å²) in [6.45, 7) is 6.47. The van der Waals surface area contributed by atoms with E-state index in [1.807, 2.05) is 60.4 Å². The highest BCUT2D eigenvalue weighted by atomic mass is 16.5. The summed E-state index contributed by atoms with van der Waals surface area (Å²) in [5, 5.41) is 8.56. The van der Waals surface area contributed by atoms with Crippen LogP contribution in [0, 0.1) is 6.92 Å². The molecule has 1 aliphatic rings. The maximum absolute atomic E-state index is 12.8. The van der Waals surface area contributed by atoms with E-state index in [1.54, 1.807) is 13.2 Å². The van der Waals surface area contributed by atoms with Gasteiger partial charge in [-0.3, -0.25) is 4.79 Å². The topological polar surface area (TPSA) is 71.7 Å². The van der Waals surface area contributed by atoms with Gasteiger partial charge < -0.3 is 19.0 Å². The number of aryl methyl sites for hydroxylation is 1. The summed E-state index contributed by atoms with van der Waals surface area (Å²) < 4.78 is 11.2. The Morgan fingerprint density at radius 2 is 1.90 bits per heavy atom. The van der Waals surface area contributed by atoms with Gasteiger partial charge in [0.05, 0.1) is 6.26 Å². The SMILES string of the molecule is Cc1cccc(OC(C)C(=O)N2CCN(c3ccc(-c4ccco4)nn3)CC2)c1. The molecule has 1 aliphatic heterocycles. The second-order valence-corrected chi connectivity index (χ2v) is 7.14. The van der Waals surface area contributed by atoms with Gasteiger partial charge in [0.1, 0.15) is 11.4 Å². The van der Waals surface area contributed by atoms with Crippen molar-refractivity contribution >= 4 is 11.7 Å². The molecule has 1 fully saturated rings. The van der Waals surface area contributed by atoms with Crippen LogP contribution in [0.15, 0.2) is 59.2 Å². The number of anilines is 1. The summed E-state index contributed by atoms with van der Waals surface area (Å²) in [7, 11) is 0. The van der Waals surface area contributed by atoms with E-state index in [1.165, 1.54) is 0 Å².